The maximum absolute atomic E-state index is 12.5. The molecule has 0 heterocycles. The molecule has 3 rings (SSSR count). The van der Waals surface area contributed by atoms with Crippen molar-refractivity contribution >= 4 is 44.4 Å². The van der Waals surface area contributed by atoms with Gasteiger partial charge in [-0.3, -0.25) is 4.72 Å². The molecule has 0 aliphatic carbocycles. The summed E-state index contributed by atoms with van der Waals surface area (Å²) in [5, 5.41) is 6.59. The van der Waals surface area contributed by atoms with Crippen LogP contribution in [0.1, 0.15) is 12.5 Å². The molecule has 0 atom stereocenters. The summed E-state index contributed by atoms with van der Waals surface area (Å²) in [5.74, 6) is 0.797. The van der Waals surface area contributed by atoms with E-state index in [0.717, 1.165) is 22.7 Å². The molecule has 3 N–H and O–H groups in total. The van der Waals surface area contributed by atoms with E-state index in [9.17, 15) is 8.42 Å². The molecule has 30 heavy (non-hydrogen) atoms. The molecule has 0 saturated carbocycles. The Kier molecular flexibility index (Phi) is 6.91. The SMILES string of the molecule is CCOc1ccc(NC(=S)Nc2ccc(NS(=O)(=O)c3ccc(C)cc3)cc2)cc1. The summed E-state index contributed by atoms with van der Waals surface area (Å²) in [6.07, 6.45) is 0. The third-order valence-electron chi connectivity index (χ3n) is 4.15. The Hall–Kier alpha value is -3.10. The van der Waals surface area contributed by atoms with Crippen LogP contribution in [0.5, 0.6) is 5.75 Å². The van der Waals surface area contributed by atoms with Crippen LogP contribution in [0.4, 0.5) is 17.1 Å². The van der Waals surface area contributed by atoms with Crippen LogP contribution in [0.3, 0.4) is 0 Å². The predicted octanol–water partition coefficient (Wildman–Crippen LogP) is 5.00. The van der Waals surface area contributed by atoms with Crippen molar-refractivity contribution in [3.05, 3.63) is 78.4 Å². The van der Waals surface area contributed by atoms with Crippen molar-refractivity contribution in [1.29, 1.82) is 0 Å². The van der Waals surface area contributed by atoms with E-state index >= 15 is 0 Å². The molecule has 6 nitrogen and oxygen atoms in total. The number of hydrogen-bond acceptors (Lipinski definition) is 4. The number of thiocarbonyl (C=S) groups is 1. The highest BCUT2D eigenvalue weighted by Gasteiger charge is 2.13. The van der Waals surface area contributed by atoms with Crippen molar-refractivity contribution in [2.45, 2.75) is 18.7 Å². The number of anilines is 3. The predicted molar refractivity (Wildman–Crippen MR) is 126 cm³/mol. The van der Waals surface area contributed by atoms with Gasteiger partial charge in [-0.2, -0.15) is 0 Å². The highest BCUT2D eigenvalue weighted by Crippen LogP contribution is 2.20. The summed E-state index contributed by atoms with van der Waals surface area (Å²) in [6.45, 7) is 4.46. The van der Waals surface area contributed by atoms with E-state index in [0.29, 0.717) is 17.4 Å². The second kappa shape index (κ2) is 9.60. The standard InChI is InChI=1S/C22H23N3O3S2/c1-3-28-20-12-10-18(11-13-20)24-22(29)23-17-6-8-19(9-7-17)25-30(26,27)21-14-4-16(2)5-15-21/h4-15,25H,3H2,1-2H3,(H2,23,24,29). The molecule has 0 radical (unpaired) electrons. The molecule has 3 aromatic carbocycles. The third-order valence-corrected chi connectivity index (χ3v) is 5.75. The van der Waals surface area contributed by atoms with E-state index in [-0.39, 0.29) is 4.90 Å². The summed E-state index contributed by atoms with van der Waals surface area (Å²) in [4.78, 5) is 0.219. The Morgan fingerprint density at radius 2 is 1.33 bits per heavy atom. The molecule has 0 aliphatic rings. The minimum absolute atomic E-state index is 0.219. The molecule has 0 unspecified atom stereocenters. The quantitative estimate of drug-likeness (QED) is 0.448. The van der Waals surface area contributed by atoms with Gasteiger partial charge in [0.15, 0.2) is 5.11 Å². The Morgan fingerprint density at radius 1 is 0.833 bits per heavy atom. The van der Waals surface area contributed by atoms with Crippen molar-refractivity contribution < 1.29 is 13.2 Å². The maximum Gasteiger partial charge on any atom is 0.261 e. The number of aryl methyl sites for hydroxylation is 1. The first-order valence-corrected chi connectivity index (χ1v) is 11.3. The van der Waals surface area contributed by atoms with Crippen LogP contribution in [-0.4, -0.2) is 20.1 Å². The van der Waals surface area contributed by atoms with Gasteiger partial charge in [-0.1, -0.05) is 17.7 Å². The average molecular weight is 442 g/mol. The monoisotopic (exact) mass is 441 g/mol. The highest BCUT2D eigenvalue weighted by molar-refractivity contribution is 7.92. The van der Waals surface area contributed by atoms with Crippen LogP contribution in [-0.2, 0) is 10.0 Å². The zero-order valence-electron chi connectivity index (χ0n) is 16.7. The van der Waals surface area contributed by atoms with Crippen LogP contribution in [0, 0.1) is 6.92 Å². The third kappa shape index (κ3) is 5.95. The summed E-state index contributed by atoms with van der Waals surface area (Å²) >= 11 is 5.33. The number of rotatable bonds is 7. The normalized spacial score (nSPS) is 10.9. The Bertz CT molecular complexity index is 1100. The minimum Gasteiger partial charge on any atom is -0.494 e. The zero-order valence-corrected chi connectivity index (χ0v) is 18.3. The first-order valence-electron chi connectivity index (χ1n) is 9.36. The van der Waals surface area contributed by atoms with E-state index in [1.165, 1.54) is 0 Å². The summed E-state index contributed by atoms with van der Waals surface area (Å²) in [5.41, 5.74) is 3.03. The molecule has 156 valence electrons. The van der Waals surface area contributed by atoms with Crippen LogP contribution < -0.4 is 20.1 Å². The van der Waals surface area contributed by atoms with E-state index in [2.05, 4.69) is 15.4 Å². The van der Waals surface area contributed by atoms with Gasteiger partial charge in [0.05, 0.1) is 11.5 Å². The smallest absolute Gasteiger partial charge is 0.261 e. The van der Waals surface area contributed by atoms with Gasteiger partial charge in [0.1, 0.15) is 5.75 Å². The number of benzene rings is 3. The van der Waals surface area contributed by atoms with Crippen molar-refractivity contribution in [3.8, 4) is 5.75 Å². The lowest BCUT2D eigenvalue weighted by Crippen LogP contribution is -2.19. The van der Waals surface area contributed by atoms with Gasteiger partial charge in [-0.15, -0.1) is 0 Å². The number of nitrogens with one attached hydrogen (secondary N) is 3. The topological polar surface area (TPSA) is 79.5 Å². The number of ether oxygens (including phenoxy) is 1. The molecule has 0 fully saturated rings. The summed E-state index contributed by atoms with van der Waals surface area (Å²) in [7, 11) is -3.63. The van der Waals surface area contributed by atoms with Gasteiger partial charge in [0.2, 0.25) is 0 Å². The molecule has 0 aromatic heterocycles. The molecular formula is C22H23N3O3S2. The first-order chi connectivity index (χ1) is 14.4. The van der Waals surface area contributed by atoms with Gasteiger partial charge in [-0.25, -0.2) is 8.42 Å². The van der Waals surface area contributed by atoms with Gasteiger partial charge < -0.3 is 15.4 Å². The minimum atomic E-state index is -3.63. The first kappa shape index (κ1) is 21.6. The van der Waals surface area contributed by atoms with Gasteiger partial charge in [0, 0.05) is 17.1 Å². The largest absolute Gasteiger partial charge is 0.494 e. The van der Waals surface area contributed by atoms with Gasteiger partial charge in [0.25, 0.3) is 10.0 Å². The fraction of sp³-hybridized carbons (Fsp3) is 0.136. The van der Waals surface area contributed by atoms with E-state index in [1.54, 1.807) is 48.5 Å². The van der Waals surface area contributed by atoms with Gasteiger partial charge in [-0.05, 0) is 86.7 Å². The van der Waals surface area contributed by atoms with Crippen molar-refractivity contribution in [3.63, 3.8) is 0 Å². The fourth-order valence-corrected chi connectivity index (χ4v) is 3.94. The summed E-state index contributed by atoms with van der Waals surface area (Å²) in [6, 6.07) is 21.0. The second-order valence-electron chi connectivity index (χ2n) is 6.53. The summed E-state index contributed by atoms with van der Waals surface area (Å²) < 4.78 is 32.9. The lowest BCUT2D eigenvalue weighted by atomic mass is 10.2. The lowest BCUT2D eigenvalue weighted by molar-refractivity contribution is 0.340. The Morgan fingerprint density at radius 3 is 1.87 bits per heavy atom. The molecule has 0 aliphatic heterocycles. The average Bonchev–Trinajstić information content (AvgIpc) is 2.71. The lowest BCUT2D eigenvalue weighted by Gasteiger charge is -2.12. The Balaban J connectivity index is 1.58. The zero-order chi connectivity index (χ0) is 21.6. The van der Waals surface area contributed by atoms with E-state index in [1.807, 2.05) is 38.1 Å². The van der Waals surface area contributed by atoms with Crippen LogP contribution >= 0.6 is 12.2 Å². The maximum atomic E-state index is 12.5. The van der Waals surface area contributed by atoms with Crippen molar-refractivity contribution in [1.82, 2.24) is 0 Å². The van der Waals surface area contributed by atoms with E-state index in [4.69, 9.17) is 17.0 Å². The Labute approximate surface area is 182 Å². The molecular weight excluding hydrogens is 418 g/mol. The molecule has 0 saturated heterocycles. The van der Waals surface area contributed by atoms with Gasteiger partial charge >= 0.3 is 0 Å². The van der Waals surface area contributed by atoms with Crippen LogP contribution in [0.25, 0.3) is 0 Å². The number of hydrogen-bond donors (Lipinski definition) is 3. The number of sulfonamides is 1. The van der Waals surface area contributed by atoms with E-state index < -0.39 is 10.0 Å². The van der Waals surface area contributed by atoms with Crippen molar-refractivity contribution in [2.24, 2.45) is 0 Å². The second-order valence-corrected chi connectivity index (χ2v) is 8.62. The molecule has 0 spiro atoms. The highest BCUT2D eigenvalue weighted by atomic mass is 32.2. The molecule has 0 bridgehead atoms. The fourth-order valence-electron chi connectivity index (χ4n) is 2.65. The molecule has 0 amide bonds. The molecule has 3 aromatic rings. The molecule has 8 heteroatoms. The van der Waals surface area contributed by atoms with Crippen molar-refractivity contribution in [2.75, 3.05) is 22.0 Å². The van der Waals surface area contributed by atoms with Crippen LogP contribution in [0.2, 0.25) is 0 Å². The van der Waals surface area contributed by atoms with Crippen LogP contribution in [0.15, 0.2) is 77.7 Å².